The second kappa shape index (κ2) is 8.75. The molecule has 0 aliphatic rings. The molecule has 0 saturated carbocycles. The van der Waals surface area contributed by atoms with E-state index in [9.17, 15) is 30.0 Å². The summed E-state index contributed by atoms with van der Waals surface area (Å²) in [5.41, 5.74) is -3.89. The fraction of sp³-hybridized carbons (Fsp3) is 0.125. The van der Waals surface area contributed by atoms with E-state index >= 15 is 0 Å². The van der Waals surface area contributed by atoms with Gasteiger partial charge in [-0.05, 0) is 49.4 Å². The van der Waals surface area contributed by atoms with Crippen LogP contribution in [0.1, 0.15) is 5.56 Å². The van der Waals surface area contributed by atoms with Crippen molar-refractivity contribution in [1.29, 1.82) is 0 Å². The molecule has 8 nitrogen and oxygen atoms in total. The highest BCUT2D eigenvalue weighted by Gasteiger charge is 2.48. The third kappa shape index (κ3) is 4.20. The van der Waals surface area contributed by atoms with E-state index in [0.29, 0.717) is 10.9 Å². The molecule has 0 N–H and O–H groups in total. The lowest BCUT2D eigenvalue weighted by Crippen LogP contribution is -2.28. The Bertz CT molecular complexity index is 1950. The van der Waals surface area contributed by atoms with E-state index in [4.69, 9.17) is 11.6 Å². The smallest absolute Gasteiger partial charge is 0.376 e. The summed E-state index contributed by atoms with van der Waals surface area (Å²) in [5, 5.41) is 0.792. The molecular weight excluding hydrogens is 567 g/mol. The van der Waals surface area contributed by atoms with Gasteiger partial charge in [0.05, 0.1) is 15.6 Å². The van der Waals surface area contributed by atoms with Crippen molar-refractivity contribution < 1.29 is 34.2 Å². The molecule has 0 fully saturated rings. The molecule has 0 bridgehead atoms. The lowest BCUT2D eigenvalue weighted by molar-refractivity contribution is -0.0500. The molecule has 0 aliphatic heterocycles. The number of rotatable bonds is 5. The normalized spacial score (nSPS) is 12.9. The molecule has 0 spiro atoms. The van der Waals surface area contributed by atoms with Crippen LogP contribution in [0, 0.1) is 6.92 Å². The first-order valence-corrected chi connectivity index (χ1v) is 14.0. The third-order valence-corrected chi connectivity index (χ3v) is 8.92. The van der Waals surface area contributed by atoms with Crippen molar-refractivity contribution in [3.8, 4) is 17.0 Å². The second-order valence-electron chi connectivity index (χ2n) is 8.46. The van der Waals surface area contributed by atoms with E-state index in [1.165, 1.54) is 36.5 Å². The van der Waals surface area contributed by atoms with Crippen LogP contribution in [-0.2, 0) is 27.2 Å². The van der Waals surface area contributed by atoms with Crippen LogP contribution in [0.15, 0.2) is 71.9 Å². The fourth-order valence-electron chi connectivity index (χ4n) is 4.09. The zero-order chi connectivity index (χ0) is 27.6. The first kappa shape index (κ1) is 26.1. The predicted molar refractivity (Wildman–Crippen MR) is 136 cm³/mol. The van der Waals surface area contributed by atoms with Gasteiger partial charge in [-0.1, -0.05) is 29.3 Å². The maximum absolute atomic E-state index is 13.9. The molecule has 2 aromatic carbocycles. The van der Waals surface area contributed by atoms with Gasteiger partial charge in [0.2, 0.25) is 0 Å². The number of hydrogen-bond donors (Lipinski definition) is 0. The number of aromatic nitrogens is 3. The second-order valence-corrected chi connectivity index (χ2v) is 12.2. The van der Waals surface area contributed by atoms with E-state index < -0.39 is 31.4 Å². The van der Waals surface area contributed by atoms with Crippen LogP contribution in [0.3, 0.4) is 0 Å². The Morgan fingerprint density at radius 1 is 0.947 bits per heavy atom. The number of alkyl halides is 3. The van der Waals surface area contributed by atoms with E-state index in [1.54, 1.807) is 29.9 Å². The molecule has 5 aromatic rings. The van der Waals surface area contributed by atoms with Gasteiger partial charge in [-0.15, -0.1) is 0 Å². The highest BCUT2D eigenvalue weighted by molar-refractivity contribution is 7.90. The summed E-state index contributed by atoms with van der Waals surface area (Å²) in [5.74, 6) is -0.595. The summed E-state index contributed by atoms with van der Waals surface area (Å²) in [7, 11) is -8.52. The van der Waals surface area contributed by atoms with Crippen LogP contribution >= 0.6 is 11.6 Å². The number of aryl methyl sites for hydroxylation is 2. The summed E-state index contributed by atoms with van der Waals surface area (Å²) in [6.45, 7) is 1.81. The molecule has 0 saturated heterocycles. The zero-order valence-electron chi connectivity index (χ0n) is 19.6. The van der Waals surface area contributed by atoms with Crippen LogP contribution in [0.2, 0.25) is 5.02 Å². The van der Waals surface area contributed by atoms with Gasteiger partial charge in [-0.2, -0.15) is 21.6 Å². The maximum atomic E-state index is 13.9. The molecule has 0 amide bonds. The number of pyridine rings is 1. The van der Waals surface area contributed by atoms with Gasteiger partial charge >= 0.3 is 15.6 Å². The fourth-order valence-corrected chi connectivity index (χ4v) is 6.21. The first-order chi connectivity index (χ1) is 17.7. The molecule has 0 unspecified atom stereocenters. The Balaban J connectivity index is 1.80. The zero-order valence-corrected chi connectivity index (χ0v) is 22.0. The summed E-state index contributed by atoms with van der Waals surface area (Å²) in [6.07, 6.45) is 2.92. The molecule has 0 aliphatic carbocycles. The summed E-state index contributed by atoms with van der Waals surface area (Å²) < 4.78 is 96.5. The minimum Gasteiger partial charge on any atom is -0.376 e. The van der Waals surface area contributed by atoms with Gasteiger partial charge in [-0.25, -0.2) is 17.4 Å². The lowest BCUT2D eigenvalue weighted by Gasteiger charge is -2.12. The molecule has 14 heteroatoms. The van der Waals surface area contributed by atoms with E-state index in [2.05, 4.69) is 9.17 Å². The Labute approximate surface area is 220 Å². The van der Waals surface area contributed by atoms with Gasteiger partial charge in [0.15, 0.2) is 5.65 Å². The number of benzene rings is 2. The molecular formula is C24H17ClF3N3O5S2. The van der Waals surface area contributed by atoms with Crippen molar-refractivity contribution in [3.05, 3.63) is 77.6 Å². The van der Waals surface area contributed by atoms with Crippen LogP contribution < -0.4 is 4.18 Å². The number of fused-ring (bicyclic) bond motifs is 2. The van der Waals surface area contributed by atoms with Crippen molar-refractivity contribution in [1.82, 2.24) is 13.5 Å². The minimum atomic E-state index is -5.92. The first-order valence-electron chi connectivity index (χ1n) is 10.8. The molecule has 198 valence electrons. The van der Waals surface area contributed by atoms with Gasteiger partial charge < -0.3 is 8.75 Å². The number of hydrogen-bond acceptors (Lipinski definition) is 6. The molecule has 3 heterocycles. The predicted octanol–water partition coefficient (Wildman–Crippen LogP) is 5.62. The van der Waals surface area contributed by atoms with Crippen molar-refractivity contribution in [3.63, 3.8) is 0 Å². The Morgan fingerprint density at radius 2 is 1.63 bits per heavy atom. The molecule has 38 heavy (non-hydrogen) atoms. The largest absolute Gasteiger partial charge is 0.534 e. The molecule has 0 radical (unpaired) electrons. The van der Waals surface area contributed by atoms with Crippen molar-refractivity contribution in [2.45, 2.75) is 17.3 Å². The summed E-state index contributed by atoms with van der Waals surface area (Å²) in [4.78, 5) is 4.22. The Kier molecular flexibility index (Phi) is 6.00. The van der Waals surface area contributed by atoms with Gasteiger partial charge in [0, 0.05) is 41.3 Å². The van der Waals surface area contributed by atoms with Crippen molar-refractivity contribution in [2.75, 3.05) is 0 Å². The molecule has 0 atom stereocenters. The maximum Gasteiger partial charge on any atom is 0.534 e. The quantitative estimate of drug-likeness (QED) is 0.197. The lowest BCUT2D eigenvalue weighted by atomic mass is 10.1. The standard InChI is InChI=1S/C24H17ClF3N3O5S2/c1-14-3-6-16(7-4-14)37(32,33)31-22(12-18-20(25)9-10-29-23(18)31)19-13-30(2)21-8-5-15(11-17(19)21)36-38(34,35)24(26,27)28/h3-13H,1-2H3. The van der Waals surface area contributed by atoms with E-state index in [0.717, 1.165) is 21.7 Å². The van der Waals surface area contributed by atoms with Gasteiger partial charge in [-0.3, -0.25) is 0 Å². The SMILES string of the molecule is Cc1ccc(S(=O)(=O)n2c(-c3cn(C)c4ccc(OS(=O)(=O)C(F)(F)F)cc34)cc3c(Cl)ccnc32)cc1. The number of nitrogens with zero attached hydrogens (tertiary/aromatic N) is 3. The van der Waals surface area contributed by atoms with E-state index in [1.807, 2.05) is 6.92 Å². The third-order valence-electron chi connectivity index (χ3n) is 5.89. The topological polar surface area (TPSA) is 100 Å². The average Bonchev–Trinajstić information content (AvgIpc) is 3.37. The van der Waals surface area contributed by atoms with Gasteiger partial charge in [0.1, 0.15) is 5.75 Å². The van der Waals surface area contributed by atoms with Crippen LogP contribution in [-0.4, -0.2) is 35.9 Å². The Hall–Kier alpha value is -3.55. The number of halogens is 4. The van der Waals surface area contributed by atoms with E-state index in [-0.39, 0.29) is 32.2 Å². The van der Waals surface area contributed by atoms with Crippen LogP contribution in [0.4, 0.5) is 13.2 Å². The summed E-state index contributed by atoms with van der Waals surface area (Å²) >= 11 is 6.36. The molecule has 3 aromatic heterocycles. The highest BCUT2D eigenvalue weighted by Crippen LogP contribution is 2.39. The Morgan fingerprint density at radius 3 is 2.29 bits per heavy atom. The van der Waals surface area contributed by atoms with Crippen LogP contribution in [0.5, 0.6) is 5.75 Å². The van der Waals surface area contributed by atoms with Crippen molar-refractivity contribution >= 4 is 53.7 Å². The monoisotopic (exact) mass is 583 g/mol. The highest BCUT2D eigenvalue weighted by atomic mass is 35.5. The average molecular weight is 584 g/mol. The molecule has 5 rings (SSSR count). The van der Waals surface area contributed by atoms with Crippen LogP contribution in [0.25, 0.3) is 33.2 Å². The summed E-state index contributed by atoms with van der Waals surface area (Å²) in [6, 6.07) is 12.7. The van der Waals surface area contributed by atoms with Gasteiger partial charge in [0.25, 0.3) is 10.0 Å². The minimum absolute atomic E-state index is 0.0239. The van der Waals surface area contributed by atoms with Crippen molar-refractivity contribution in [2.24, 2.45) is 7.05 Å².